The number of fused-ring (bicyclic) bond motifs is 1. The average Bonchev–Trinajstić information content (AvgIpc) is 2.80. The lowest BCUT2D eigenvalue weighted by Gasteiger charge is -2.19. The molecule has 1 heterocycles. The lowest BCUT2D eigenvalue weighted by molar-refractivity contribution is -0.142. The molecule has 6 nitrogen and oxygen atoms in total. The SMILES string of the molecule is COc1ccccc1C(=O)NN1C(=O)[C@H]2CCCC[C@@H]2C1=O. The maximum atomic E-state index is 12.3. The molecule has 6 heteroatoms. The van der Waals surface area contributed by atoms with Gasteiger partial charge in [0.25, 0.3) is 17.7 Å². The Morgan fingerprint density at radius 2 is 1.73 bits per heavy atom. The molecular weight excluding hydrogens is 284 g/mol. The third-order valence-corrected chi connectivity index (χ3v) is 4.41. The topological polar surface area (TPSA) is 75.7 Å². The van der Waals surface area contributed by atoms with Gasteiger partial charge in [0, 0.05) is 0 Å². The minimum atomic E-state index is -0.516. The number of para-hydroxylation sites is 1. The molecule has 0 unspecified atom stereocenters. The number of hydrazine groups is 1. The largest absolute Gasteiger partial charge is 0.496 e. The molecule has 1 saturated heterocycles. The van der Waals surface area contributed by atoms with Gasteiger partial charge in [0.1, 0.15) is 5.75 Å². The van der Waals surface area contributed by atoms with Crippen LogP contribution in [0.25, 0.3) is 0 Å². The molecule has 1 aromatic rings. The molecule has 2 aliphatic rings. The van der Waals surface area contributed by atoms with Crippen LogP contribution in [0.1, 0.15) is 36.0 Å². The van der Waals surface area contributed by atoms with E-state index in [0.29, 0.717) is 11.3 Å². The standard InChI is InChI=1S/C16H18N2O4/c1-22-13-9-5-4-8-12(13)14(19)17-18-15(20)10-6-2-3-7-11(10)16(18)21/h4-5,8-11H,2-3,6-7H2,1H3,(H,17,19)/t10-,11-/m0/s1. The van der Waals surface area contributed by atoms with Crippen LogP contribution in [-0.2, 0) is 9.59 Å². The minimum Gasteiger partial charge on any atom is -0.496 e. The fraction of sp³-hybridized carbons (Fsp3) is 0.438. The zero-order valence-electron chi connectivity index (χ0n) is 12.4. The van der Waals surface area contributed by atoms with Crippen LogP contribution < -0.4 is 10.2 Å². The Morgan fingerprint density at radius 1 is 1.14 bits per heavy atom. The number of ether oxygens (including phenoxy) is 1. The predicted octanol–water partition coefficient (Wildman–Crippen LogP) is 1.52. The molecule has 2 atom stereocenters. The summed E-state index contributed by atoms with van der Waals surface area (Å²) in [7, 11) is 1.47. The van der Waals surface area contributed by atoms with Crippen molar-refractivity contribution in [2.45, 2.75) is 25.7 Å². The maximum absolute atomic E-state index is 12.3. The van der Waals surface area contributed by atoms with E-state index in [2.05, 4.69) is 5.43 Å². The molecule has 1 aliphatic carbocycles. The van der Waals surface area contributed by atoms with E-state index in [9.17, 15) is 14.4 Å². The lowest BCUT2D eigenvalue weighted by Crippen LogP contribution is -2.46. The van der Waals surface area contributed by atoms with Crippen molar-refractivity contribution in [3.8, 4) is 5.75 Å². The zero-order chi connectivity index (χ0) is 15.7. The number of hydrogen-bond donors (Lipinski definition) is 1. The van der Waals surface area contributed by atoms with Gasteiger partial charge >= 0.3 is 0 Å². The molecule has 1 aromatic carbocycles. The first-order chi connectivity index (χ1) is 10.6. The van der Waals surface area contributed by atoms with Crippen LogP contribution in [0.2, 0.25) is 0 Å². The maximum Gasteiger partial charge on any atom is 0.274 e. The van der Waals surface area contributed by atoms with Crippen LogP contribution in [0.4, 0.5) is 0 Å². The quantitative estimate of drug-likeness (QED) is 0.859. The molecule has 3 amide bonds. The Hall–Kier alpha value is -2.37. The molecule has 1 saturated carbocycles. The van der Waals surface area contributed by atoms with Crippen molar-refractivity contribution in [3.05, 3.63) is 29.8 Å². The van der Waals surface area contributed by atoms with E-state index in [0.717, 1.165) is 30.7 Å². The van der Waals surface area contributed by atoms with Crippen LogP contribution in [0.15, 0.2) is 24.3 Å². The molecule has 22 heavy (non-hydrogen) atoms. The summed E-state index contributed by atoms with van der Waals surface area (Å²) in [4.78, 5) is 37.0. The summed E-state index contributed by atoms with van der Waals surface area (Å²) in [6.07, 6.45) is 3.34. The monoisotopic (exact) mass is 302 g/mol. The lowest BCUT2D eigenvalue weighted by atomic mass is 9.81. The molecule has 2 fully saturated rings. The summed E-state index contributed by atoms with van der Waals surface area (Å²) in [5, 5.41) is 0.898. The fourth-order valence-corrected chi connectivity index (χ4v) is 3.27. The molecule has 0 bridgehead atoms. The van der Waals surface area contributed by atoms with Crippen molar-refractivity contribution < 1.29 is 19.1 Å². The van der Waals surface area contributed by atoms with Crippen LogP contribution >= 0.6 is 0 Å². The van der Waals surface area contributed by atoms with Crippen molar-refractivity contribution in [1.29, 1.82) is 0 Å². The van der Waals surface area contributed by atoms with Crippen molar-refractivity contribution in [3.63, 3.8) is 0 Å². The van der Waals surface area contributed by atoms with E-state index in [1.165, 1.54) is 7.11 Å². The van der Waals surface area contributed by atoms with Crippen LogP contribution in [0.3, 0.4) is 0 Å². The highest BCUT2D eigenvalue weighted by molar-refractivity contribution is 6.08. The smallest absolute Gasteiger partial charge is 0.274 e. The average molecular weight is 302 g/mol. The second-order valence-electron chi connectivity index (χ2n) is 5.65. The van der Waals surface area contributed by atoms with Gasteiger partial charge in [-0.2, -0.15) is 5.01 Å². The van der Waals surface area contributed by atoms with E-state index in [-0.39, 0.29) is 23.7 Å². The second-order valence-corrected chi connectivity index (χ2v) is 5.65. The van der Waals surface area contributed by atoms with E-state index in [1.807, 2.05) is 0 Å². The summed E-state index contributed by atoms with van der Waals surface area (Å²) in [5.41, 5.74) is 2.73. The van der Waals surface area contributed by atoms with Crippen LogP contribution in [0, 0.1) is 11.8 Å². The van der Waals surface area contributed by atoms with Crippen molar-refractivity contribution in [2.24, 2.45) is 11.8 Å². The minimum absolute atomic E-state index is 0.279. The van der Waals surface area contributed by atoms with Gasteiger partial charge in [-0.25, -0.2) is 0 Å². The highest BCUT2D eigenvalue weighted by atomic mass is 16.5. The molecule has 1 N–H and O–H groups in total. The number of nitrogens with one attached hydrogen (secondary N) is 1. The van der Waals surface area contributed by atoms with Gasteiger partial charge in [-0.05, 0) is 25.0 Å². The highest BCUT2D eigenvalue weighted by Crippen LogP contribution is 2.37. The van der Waals surface area contributed by atoms with E-state index < -0.39 is 5.91 Å². The first-order valence-electron chi connectivity index (χ1n) is 7.45. The Morgan fingerprint density at radius 3 is 2.32 bits per heavy atom. The predicted molar refractivity (Wildman–Crippen MR) is 77.8 cm³/mol. The van der Waals surface area contributed by atoms with Gasteiger partial charge in [-0.3, -0.25) is 19.8 Å². The van der Waals surface area contributed by atoms with Crippen molar-refractivity contribution in [2.75, 3.05) is 7.11 Å². The van der Waals surface area contributed by atoms with Crippen molar-refractivity contribution in [1.82, 2.24) is 10.4 Å². The summed E-state index contributed by atoms with van der Waals surface area (Å²) >= 11 is 0. The Balaban J connectivity index is 1.79. The summed E-state index contributed by atoms with van der Waals surface area (Å²) in [6, 6.07) is 6.69. The second kappa shape index (κ2) is 5.79. The number of carbonyl (C=O) groups is 3. The number of methoxy groups -OCH3 is 1. The number of hydrogen-bond acceptors (Lipinski definition) is 4. The molecule has 1 aliphatic heterocycles. The highest BCUT2D eigenvalue weighted by Gasteiger charge is 2.49. The molecular formula is C16H18N2O4. The summed E-state index contributed by atoms with van der Waals surface area (Å²) < 4.78 is 5.13. The summed E-state index contributed by atoms with van der Waals surface area (Å²) in [6.45, 7) is 0. The molecule has 0 spiro atoms. The number of nitrogens with zero attached hydrogens (tertiary/aromatic N) is 1. The number of carbonyl (C=O) groups excluding carboxylic acids is 3. The normalized spacial score (nSPS) is 24.1. The van der Waals surface area contributed by atoms with E-state index in [4.69, 9.17) is 4.74 Å². The van der Waals surface area contributed by atoms with Gasteiger partial charge < -0.3 is 4.74 Å². The third-order valence-electron chi connectivity index (χ3n) is 4.41. The number of rotatable bonds is 3. The van der Waals surface area contributed by atoms with Gasteiger partial charge in [0.05, 0.1) is 24.5 Å². The molecule has 3 rings (SSSR count). The van der Waals surface area contributed by atoms with Gasteiger partial charge in [-0.1, -0.05) is 25.0 Å². The number of benzene rings is 1. The number of imide groups is 1. The first kappa shape index (κ1) is 14.6. The van der Waals surface area contributed by atoms with Gasteiger partial charge in [0.2, 0.25) is 0 Å². The molecule has 0 radical (unpaired) electrons. The fourth-order valence-electron chi connectivity index (χ4n) is 3.27. The van der Waals surface area contributed by atoms with E-state index in [1.54, 1.807) is 24.3 Å². The number of amides is 3. The van der Waals surface area contributed by atoms with E-state index >= 15 is 0 Å². The Labute approximate surface area is 128 Å². The zero-order valence-corrected chi connectivity index (χ0v) is 12.4. The first-order valence-corrected chi connectivity index (χ1v) is 7.45. The van der Waals surface area contributed by atoms with Gasteiger partial charge in [-0.15, -0.1) is 0 Å². The summed E-state index contributed by atoms with van der Waals surface area (Å²) in [5.74, 6) is -1.26. The molecule has 0 aromatic heterocycles. The van der Waals surface area contributed by atoms with Crippen LogP contribution in [0.5, 0.6) is 5.75 Å². The molecule has 116 valence electrons. The Kier molecular flexibility index (Phi) is 3.83. The Bertz CT molecular complexity index is 604. The van der Waals surface area contributed by atoms with Gasteiger partial charge in [0.15, 0.2) is 0 Å². The van der Waals surface area contributed by atoms with Crippen LogP contribution in [-0.4, -0.2) is 29.8 Å². The third kappa shape index (κ3) is 2.34. The van der Waals surface area contributed by atoms with Crippen molar-refractivity contribution >= 4 is 17.7 Å².